The second kappa shape index (κ2) is 5.48. The van der Waals surface area contributed by atoms with Gasteiger partial charge in [-0.25, -0.2) is 9.78 Å². The highest BCUT2D eigenvalue weighted by molar-refractivity contribution is 5.87. The maximum absolute atomic E-state index is 11.1. The largest absolute Gasteiger partial charge is 0.478 e. The minimum absolute atomic E-state index is 0.288. The third-order valence-electron chi connectivity index (χ3n) is 4.27. The Morgan fingerprint density at radius 1 is 1.33 bits per heavy atom. The molecule has 1 fully saturated rings. The van der Waals surface area contributed by atoms with Gasteiger partial charge in [-0.3, -0.25) is 4.90 Å². The number of hydrogen-bond acceptors (Lipinski definition) is 3. The number of aromatic nitrogens is 2. The van der Waals surface area contributed by atoms with Crippen LogP contribution in [-0.4, -0.2) is 37.9 Å². The van der Waals surface area contributed by atoms with E-state index in [0.29, 0.717) is 12.1 Å². The summed E-state index contributed by atoms with van der Waals surface area (Å²) < 4.78 is 1.83. The van der Waals surface area contributed by atoms with Crippen LogP contribution in [0.1, 0.15) is 55.2 Å². The van der Waals surface area contributed by atoms with Crippen molar-refractivity contribution in [2.45, 2.75) is 45.2 Å². The van der Waals surface area contributed by atoms with E-state index in [1.54, 1.807) is 18.3 Å². The van der Waals surface area contributed by atoms with Gasteiger partial charge >= 0.3 is 5.97 Å². The van der Waals surface area contributed by atoms with Crippen LogP contribution in [0, 0.1) is 0 Å². The number of carboxylic acids is 1. The van der Waals surface area contributed by atoms with Crippen molar-refractivity contribution >= 4 is 11.6 Å². The van der Waals surface area contributed by atoms with Gasteiger partial charge in [0.2, 0.25) is 0 Å². The number of hydrogen-bond donors (Lipinski definition) is 1. The molecule has 1 aliphatic rings. The van der Waals surface area contributed by atoms with Crippen molar-refractivity contribution in [3.63, 3.8) is 0 Å². The van der Waals surface area contributed by atoms with Crippen molar-refractivity contribution in [2.24, 2.45) is 0 Å². The molecular weight excluding hydrogens is 266 g/mol. The molecule has 21 heavy (non-hydrogen) atoms. The first-order valence-corrected chi connectivity index (χ1v) is 7.54. The second-order valence-corrected chi connectivity index (χ2v) is 6.00. The Balaban J connectivity index is 1.97. The first-order valence-electron chi connectivity index (χ1n) is 7.54. The minimum Gasteiger partial charge on any atom is -0.478 e. The van der Waals surface area contributed by atoms with Crippen molar-refractivity contribution in [3.05, 3.63) is 35.8 Å². The Morgan fingerprint density at radius 3 is 2.86 bits per heavy atom. The number of aromatic carboxylic acids is 1. The summed E-state index contributed by atoms with van der Waals surface area (Å²) in [4.78, 5) is 18.2. The lowest BCUT2D eigenvalue weighted by Gasteiger charge is -2.37. The van der Waals surface area contributed by atoms with Crippen molar-refractivity contribution < 1.29 is 9.90 Å². The average Bonchev–Trinajstić information content (AvgIpc) is 2.89. The van der Waals surface area contributed by atoms with E-state index in [1.807, 2.05) is 10.6 Å². The molecule has 1 saturated heterocycles. The van der Waals surface area contributed by atoms with Gasteiger partial charge in [-0.15, -0.1) is 0 Å². The number of piperidine rings is 1. The van der Waals surface area contributed by atoms with Gasteiger partial charge in [-0.1, -0.05) is 6.42 Å². The Kier molecular flexibility index (Phi) is 3.68. The zero-order valence-electron chi connectivity index (χ0n) is 12.5. The fourth-order valence-electron chi connectivity index (χ4n) is 3.19. The van der Waals surface area contributed by atoms with Gasteiger partial charge in [-0.2, -0.15) is 0 Å². The quantitative estimate of drug-likeness (QED) is 0.943. The summed E-state index contributed by atoms with van der Waals surface area (Å²) in [6.07, 6.45) is 7.20. The molecule has 1 unspecified atom stereocenters. The predicted molar refractivity (Wildman–Crippen MR) is 80.6 cm³/mol. The van der Waals surface area contributed by atoms with Gasteiger partial charge in [-0.05, 0) is 45.4 Å². The molecule has 3 rings (SSSR count). The molecule has 5 nitrogen and oxygen atoms in total. The summed E-state index contributed by atoms with van der Waals surface area (Å²) in [5, 5.41) is 9.07. The number of rotatable bonds is 3. The lowest BCUT2D eigenvalue weighted by molar-refractivity contribution is 0.0696. The van der Waals surface area contributed by atoms with E-state index < -0.39 is 5.97 Å². The molecule has 5 heteroatoms. The molecule has 0 spiro atoms. The number of carboxylic acid groups (broad SMARTS) is 1. The SMILES string of the molecule is CC(C)N1CCCCC1c1cn2cc(C(=O)O)ccc2n1. The summed E-state index contributed by atoms with van der Waals surface area (Å²) >= 11 is 0. The summed E-state index contributed by atoms with van der Waals surface area (Å²) in [5.74, 6) is -0.909. The first-order chi connectivity index (χ1) is 10.1. The van der Waals surface area contributed by atoms with Gasteiger partial charge in [0.05, 0.1) is 17.3 Å². The molecule has 1 aliphatic heterocycles. The average molecular weight is 287 g/mol. The highest BCUT2D eigenvalue weighted by atomic mass is 16.4. The van der Waals surface area contributed by atoms with Gasteiger partial charge in [0.25, 0.3) is 0 Å². The van der Waals surface area contributed by atoms with Crippen LogP contribution in [0.15, 0.2) is 24.5 Å². The number of pyridine rings is 1. The molecular formula is C16H21N3O2. The smallest absolute Gasteiger partial charge is 0.337 e. The molecule has 1 atom stereocenters. The molecule has 0 saturated carbocycles. The van der Waals surface area contributed by atoms with Crippen molar-refractivity contribution in [2.75, 3.05) is 6.54 Å². The fraction of sp³-hybridized carbons (Fsp3) is 0.500. The first kappa shape index (κ1) is 14.1. The third kappa shape index (κ3) is 2.65. The Bertz CT molecular complexity index is 663. The van der Waals surface area contributed by atoms with Crippen LogP contribution in [0.25, 0.3) is 5.65 Å². The lowest BCUT2D eigenvalue weighted by Crippen LogP contribution is -2.38. The minimum atomic E-state index is -0.909. The van der Waals surface area contributed by atoms with E-state index in [9.17, 15) is 4.79 Å². The predicted octanol–water partition coefficient (Wildman–Crippen LogP) is 2.97. The summed E-state index contributed by atoms with van der Waals surface area (Å²) in [6.45, 7) is 5.55. The molecule has 0 aromatic carbocycles. The molecule has 0 bridgehead atoms. The highest BCUT2D eigenvalue weighted by Crippen LogP contribution is 2.32. The van der Waals surface area contributed by atoms with Gasteiger partial charge in [0, 0.05) is 18.4 Å². The summed E-state index contributed by atoms with van der Waals surface area (Å²) in [7, 11) is 0. The molecule has 1 N–H and O–H groups in total. The topological polar surface area (TPSA) is 57.8 Å². The fourth-order valence-corrected chi connectivity index (χ4v) is 3.19. The van der Waals surface area contributed by atoms with Crippen LogP contribution in [0.4, 0.5) is 0 Å². The normalized spacial score (nSPS) is 20.2. The number of carbonyl (C=O) groups is 1. The summed E-state index contributed by atoms with van der Waals surface area (Å²) in [5.41, 5.74) is 2.14. The molecule has 2 aromatic heterocycles. The molecule has 0 aliphatic carbocycles. The maximum atomic E-state index is 11.1. The standard InChI is InChI=1S/C16H21N3O2/c1-11(2)19-8-4-3-5-14(19)13-10-18-9-12(16(20)21)6-7-15(18)17-13/h6-7,9-11,14H,3-5,8H2,1-2H3,(H,20,21). The van der Waals surface area contributed by atoms with Crippen LogP contribution >= 0.6 is 0 Å². The highest BCUT2D eigenvalue weighted by Gasteiger charge is 2.27. The van der Waals surface area contributed by atoms with E-state index in [0.717, 1.165) is 24.3 Å². The van der Waals surface area contributed by atoms with Gasteiger partial charge in [0.15, 0.2) is 0 Å². The van der Waals surface area contributed by atoms with Crippen molar-refractivity contribution in [1.82, 2.24) is 14.3 Å². The summed E-state index contributed by atoms with van der Waals surface area (Å²) in [6, 6.07) is 4.21. The molecule has 3 heterocycles. The zero-order chi connectivity index (χ0) is 15.0. The van der Waals surface area contributed by atoms with E-state index in [-0.39, 0.29) is 5.56 Å². The molecule has 0 amide bonds. The van der Waals surface area contributed by atoms with E-state index in [1.165, 1.54) is 12.8 Å². The number of likely N-dealkylation sites (tertiary alicyclic amines) is 1. The number of imidazole rings is 1. The van der Waals surface area contributed by atoms with Crippen LogP contribution in [-0.2, 0) is 0 Å². The molecule has 112 valence electrons. The van der Waals surface area contributed by atoms with Gasteiger partial charge < -0.3 is 9.51 Å². The molecule has 2 aromatic rings. The number of fused-ring (bicyclic) bond motifs is 1. The lowest BCUT2D eigenvalue weighted by atomic mass is 9.98. The van der Waals surface area contributed by atoms with Crippen LogP contribution < -0.4 is 0 Å². The van der Waals surface area contributed by atoms with Crippen molar-refractivity contribution in [1.29, 1.82) is 0 Å². The Morgan fingerprint density at radius 2 is 2.14 bits per heavy atom. The van der Waals surface area contributed by atoms with Gasteiger partial charge in [0.1, 0.15) is 5.65 Å². The molecule has 0 radical (unpaired) electrons. The number of nitrogens with zero attached hydrogens (tertiary/aromatic N) is 3. The van der Waals surface area contributed by atoms with E-state index in [4.69, 9.17) is 10.1 Å². The van der Waals surface area contributed by atoms with Crippen LogP contribution in [0.2, 0.25) is 0 Å². The third-order valence-corrected chi connectivity index (χ3v) is 4.27. The van der Waals surface area contributed by atoms with Crippen LogP contribution in [0.5, 0.6) is 0 Å². The van der Waals surface area contributed by atoms with Crippen molar-refractivity contribution in [3.8, 4) is 0 Å². The monoisotopic (exact) mass is 287 g/mol. The second-order valence-electron chi connectivity index (χ2n) is 6.00. The van der Waals surface area contributed by atoms with E-state index in [2.05, 4.69) is 18.7 Å². The Labute approximate surface area is 124 Å². The van der Waals surface area contributed by atoms with Crippen LogP contribution in [0.3, 0.4) is 0 Å². The van der Waals surface area contributed by atoms with E-state index >= 15 is 0 Å². The Hall–Kier alpha value is -1.88. The zero-order valence-corrected chi connectivity index (χ0v) is 12.5. The maximum Gasteiger partial charge on any atom is 0.337 e.